The zero-order chi connectivity index (χ0) is 13.8. The fourth-order valence-electron chi connectivity index (χ4n) is 1.57. The van der Waals surface area contributed by atoms with Crippen LogP contribution in [0, 0.1) is 5.82 Å². The third-order valence-electron chi connectivity index (χ3n) is 2.50. The number of nitrogens with one attached hydrogen (secondary N) is 1. The number of carbonyl (C=O) groups excluding carboxylic acids is 1. The number of amides is 1. The van der Waals surface area contributed by atoms with E-state index < -0.39 is 11.7 Å². The largest absolute Gasteiger partial charge is 0.497 e. The molecular weight excluding hydrogens is 313 g/mol. The highest BCUT2D eigenvalue weighted by Crippen LogP contribution is 2.19. The Morgan fingerprint density at radius 1 is 1.26 bits per heavy atom. The van der Waals surface area contributed by atoms with Crippen LogP contribution in [0.3, 0.4) is 0 Å². The molecule has 0 aliphatic heterocycles. The van der Waals surface area contributed by atoms with Crippen molar-refractivity contribution >= 4 is 27.5 Å². The van der Waals surface area contributed by atoms with Gasteiger partial charge in [0.2, 0.25) is 0 Å². The van der Waals surface area contributed by atoms with Gasteiger partial charge in [-0.25, -0.2) is 4.39 Å². The third-order valence-corrected chi connectivity index (χ3v) is 3.00. The highest BCUT2D eigenvalue weighted by Gasteiger charge is 2.12. The number of hydrogen-bond acceptors (Lipinski definition) is 2. The first kappa shape index (κ1) is 13.5. The Kier molecular flexibility index (Phi) is 4.16. The van der Waals surface area contributed by atoms with Gasteiger partial charge < -0.3 is 10.1 Å². The van der Waals surface area contributed by atoms with Gasteiger partial charge in [0.05, 0.1) is 12.7 Å². The summed E-state index contributed by atoms with van der Waals surface area (Å²) in [6.07, 6.45) is 0. The zero-order valence-electron chi connectivity index (χ0n) is 10.1. The van der Waals surface area contributed by atoms with Crippen LogP contribution in [0.15, 0.2) is 46.9 Å². The number of methoxy groups -OCH3 is 1. The molecule has 0 heterocycles. The maximum Gasteiger partial charge on any atom is 0.258 e. The first-order chi connectivity index (χ1) is 9.10. The highest BCUT2D eigenvalue weighted by molar-refractivity contribution is 9.10. The molecular formula is C14H11BrFNO2. The van der Waals surface area contributed by atoms with Crippen molar-refractivity contribution in [2.45, 2.75) is 0 Å². The van der Waals surface area contributed by atoms with Crippen molar-refractivity contribution in [2.24, 2.45) is 0 Å². The molecule has 0 bridgehead atoms. The molecule has 0 unspecified atom stereocenters. The van der Waals surface area contributed by atoms with Crippen LogP contribution in [0.4, 0.5) is 10.1 Å². The van der Waals surface area contributed by atoms with Crippen molar-refractivity contribution in [3.63, 3.8) is 0 Å². The Bertz CT molecular complexity index is 616. The summed E-state index contributed by atoms with van der Waals surface area (Å²) in [6, 6.07) is 11.2. The van der Waals surface area contributed by atoms with Crippen LogP contribution in [0.25, 0.3) is 0 Å². The lowest BCUT2D eigenvalue weighted by Crippen LogP contribution is -2.13. The van der Waals surface area contributed by atoms with Crippen LogP contribution < -0.4 is 10.1 Å². The molecule has 1 amide bonds. The number of carbonyl (C=O) groups is 1. The summed E-state index contributed by atoms with van der Waals surface area (Å²) >= 11 is 3.14. The van der Waals surface area contributed by atoms with Gasteiger partial charge in [-0.05, 0) is 30.3 Å². The van der Waals surface area contributed by atoms with E-state index in [0.29, 0.717) is 15.9 Å². The molecule has 5 heteroatoms. The molecule has 0 saturated carbocycles. The summed E-state index contributed by atoms with van der Waals surface area (Å²) in [5.41, 5.74) is 0.540. The monoisotopic (exact) mass is 323 g/mol. The van der Waals surface area contributed by atoms with Crippen LogP contribution in [-0.4, -0.2) is 13.0 Å². The maximum atomic E-state index is 13.6. The molecule has 0 spiro atoms. The van der Waals surface area contributed by atoms with E-state index in [-0.39, 0.29) is 5.56 Å². The summed E-state index contributed by atoms with van der Waals surface area (Å²) in [5.74, 6) is -0.456. The van der Waals surface area contributed by atoms with Gasteiger partial charge >= 0.3 is 0 Å². The molecule has 98 valence electrons. The number of rotatable bonds is 3. The average Bonchev–Trinajstić information content (AvgIpc) is 2.38. The van der Waals surface area contributed by atoms with E-state index in [9.17, 15) is 9.18 Å². The molecule has 0 saturated heterocycles. The molecule has 0 aliphatic carbocycles. The third kappa shape index (κ3) is 3.32. The fourth-order valence-corrected chi connectivity index (χ4v) is 1.91. The molecule has 1 N–H and O–H groups in total. The maximum absolute atomic E-state index is 13.6. The van der Waals surface area contributed by atoms with Gasteiger partial charge in [0.1, 0.15) is 11.6 Å². The van der Waals surface area contributed by atoms with E-state index in [1.54, 1.807) is 30.3 Å². The Labute approximate surface area is 118 Å². The molecule has 19 heavy (non-hydrogen) atoms. The molecule has 0 aromatic heterocycles. The molecule has 2 aromatic carbocycles. The lowest BCUT2D eigenvalue weighted by molar-refractivity contribution is 0.102. The minimum Gasteiger partial charge on any atom is -0.497 e. The van der Waals surface area contributed by atoms with Crippen LogP contribution in [0.1, 0.15) is 10.4 Å². The van der Waals surface area contributed by atoms with Crippen LogP contribution in [0.5, 0.6) is 5.75 Å². The zero-order valence-corrected chi connectivity index (χ0v) is 11.7. The molecule has 0 aliphatic rings. The quantitative estimate of drug-likeness (QED) is 0.931. The molecule has 2 rings (SSSR count). The van der Waals surface area contributed by atoms with E-state index in [0.717, 1.165) is 0 Å². The smallest absolute Gasteiger partial charge is 0.258 e. The normalized spacial score (nSPS) is 10.1. The van der Waals surface area contributed by atoms with Gasteiger partial charge in [0.25, 0.3) is 5.91 Å². The van der Waals surface area contributed by atoms with Crippen LogP contribution in [0.2, 0.25) is 0 Å². The predicted octanol–water partition coefficient (Wildman–Crippen LogP) is 3.85. The predicted molar refractivity (Wildman–Crippen MR) is 75.0 cm³/mol. The second-order valence-electron chi connectivity index (χ2n) is 3.81. The van der Waals surface area contributed by atoms with Crippen LogP contribution in [-0.2, 0) is 0 Å². The van der Waals surface area contributed by atoms with E-state index in [1.165, 1.54) is 19.2 Å². The van der Waals surface area contributed by atoms with Crippen molar-refractivity contribution in [1.29, 1.82) is 0 Å². The Morgan fingerprint density at radius 2 is 2.05 bits per heavy atom. The minimum atomic E-state index is -0.574. The van der Waals surface area contributed by atoms with Crippen molar-refractivity contribution in [1.82, 2.24) is 0 Å². The second kappa shape index (κ2) is 5.84. The fraction of sp³-hybridized carbons (Fsp3) is 0.0714. The molecule has 2 aromatic rings. The number of hydrogen-bond donors (Lipinski definition) is 1. The van der Waals surface area contributed by atoms with Gasteiger partial charge in [-0.3, -0.25) is 4.79 Å². The summed E-state index contributed by atoms with van der Waals surface area (Å²) in [6.45, 7) is 0. The van der Waals surface area contributed by atoms with Crippen molar-refractivity contribution in [2.75, 3.05) is 12.4 Å². The van der Waals surface area contributed by atoms with E-state index >= 15 is 0 Å². The summed E-state index contributed by atoms with van der Waals surface area (Å²) in [4.78, 5) is 11.9. The highest BCUT2D eigenvalue weighted by atomic mass is 79.9. The minimum absolute atomic E-state index is 0.00831. The summed E-state index contributed by atoms with van der Waals surface area (Å²) in [7, 11) is 1.54. The van der Waals surface area contributed by atoms with Gasteiger partial charge in [0.15, 0.2) is 0 Å². The molecule has 0 atom stereocenters. The summed E-state index contributed by atoms with van der Waals surface area (Å²) in [5, 5.41) is 2.62. The number of benzene rings is 2. The summed E-state index contributed by atoms with van der Waals surface area (Å²) < 4.78 is 19.3. The van der Waals surface area contributed by atoms with E-state index in [2.05, 4.69) is 21.2 Å². The Balaban J connectivity index is 2.20. The number of ether oxygens (including phenoxy) is 1. The molecule has 0 radical (unpaired) electrons. The standard InChI is InChI=1S/C14H11BrFNO2/c1-19-11-4-2-3-10(8-11)17-14(18)12-6-5-9(15)7-13(12)16/h2-8H,1H3,(H,17,18). The van der Waals surface area contributed by atoms with Gasteiger partial charge in [0, 0.05) is 16.2 Å². The van der Waals surface area contributed by atoms with E-state index in [4.69, 9.17) is 4.74 Å². The van der Waals surface area contributed by atoms with Crippen molar-refractivity contribution in [3.8, 4) is 5.75 Å². The number of halogens is 2. The lowest BCUT2D eigenvalue weighted by atomic mass is 10.2. The van der Waals surface area contributed by atoms with E-state index in [1.807, 2.05) is 0 Å². The van der Waals surface area contributed by atoms with Gasteiger partial charge in [-0.1, -0.05) is 22.0 Å². The Morgan fingerprint density at radius 3 is 2.74 bits per heavy atom. The second-order valence-corrected chi connectivity index (χ2v) is 4.73. The lowest BCUT2D eigenvalue weighted by Gasteiger charge is -2.07. The van der Waals surface area contributed by atoms with Gasteiger partial charge in [-0.15, -0.1) is 0 Å². The van der Waals surface area contributed by atoms with Gasteiger partial charge in [-0.2, -0.15) is 0 Å². The number of anilines is 1. The van der Waals surface area contributed by atoms with Crippen LogP contribution >= 0.6 is 15.9 Å². The van der Waals surface area contributed by atoms with Crippen molar-refractivity contribution in [3.05, 3.63) is 58.3 Å². The Hall–Kier alpha value is -1.88. The van der Waals surface area contributed by atoms with Crippen molar-refractivity contribution < 1.29 is 13.9 Å². The molecule has 3 nitrogen and oxygen atoms in total. The SMILES string of the molecule is COc1cccc(NC(=O)c2ccc(Br)cc2F)c1. The first-order valence-corrected chi connectivity index (χ1v) is 6.30. The molecule has 0 fully saturated rings. The first-order valence-electron chi connectivity index (χ1n) is 5.50. The average molecular weight is 324 g/mol. The topological polar surface area (TPSA) is 38.3 Å².